The normalized spacial score (nSPS) is 8.75. The van der Waals surface area contributed by atoms with Crippen molar-refractivity contribution in [3.8, 4) is 12.3 Å². The van der Waals surface area contributed by atoms with Crippen LogP contribution in [0, 0.1) is 12.3 Å². The quantitative estimate of drug-likeness (QED) is 0.690. The summed E-state index contributed by atoms with van der Waals surface area (Å²) in [6, 6.07) is 7.76. The first kappa shape index (κ1) is 9.57. The zero-order chi connectivity index (χ0) is 8.97. The lowest BCUT2D eigenvalue weighted by Gasteiger charge is -1.96. The molecule has 0 aliphatic carbocycles. The smallest absolute Gasteiger partial charge is 0.0610 e. The highest BCUT2D eigenvalue weighted by Gasteiger charge is 1.94. The summed E-state index contributed by atoms with van der Waals surface area (Å²) in [4.78, 5) is 0. The number of hydrogen-bond acceptors (Lipinski definition) is 0. The van der Waals surface area contributed by atoms with Gasteiger partial charge in [-0.1, -0.05) is 24.1 Å². The van der Waals surface area contributed by atoms with Crippen LogP contribution in [0.3, 0.4) is 0 Å². The van der Waals surface area contributed by atoms with E-state index in [0.717, 1.165) is 14.5 Å². The SMILES string of the molecule is C#Cc1ccccc1C=C(Br)Br. The minimum atomic E-state index is 0.887. The standard InChI is InChI=1S/C10H6Br2/c1-2-8-5-3-4-6-9(8)7-10(11)12/h1,3-7H. The molecule has 60 valence electrons. The Hall–Kier alpha value is -0.520. The molecule has 0 nitrogen and oxygen atoms in total. The Balaban J connectivity index is 3.17. The molecule has 0 heterocycles. The van der Waals surface area contributed by atoms with Crippen LogP contribution in [0.15, 0.2) is 27.7 Å². The molecule has 0 aromatic heterocycles. The average Bonchev–Trinajstić information content (AvgIpc) is 2.04. The maximum Gasteiger partial charge on any atom is 0.0610 e. The van der Waals surface area contributed by atoms with Gasteiger partial charge >= 0.3 is 0 Å². The van der Waals surface area contributed by atoms with Gasteiger partial charge in [-0.15, -0.1) is 6.42 Å². The van der Waals surface area contributed by atoms with Gasteiger partial charge in [0.2, 0.25) is 0 Å². The van der Waals surface area contributed by atoms with E-state index in [2.05, 4.69) is 37.8 Å². The fourth-order valence-corrected chi connectivity index (χ4v) is 1.37. The number of rotatable bonds is 1. The molecule has 2 heteroatoms. The molecule has 0 radical (unpaired) electrons. The van der Waals surface area contributed by atoms with Crippen LogP contribution in [0.1, 0.15) is 11.1 Å². The number of halogens is 2. The molecule has 0 N–H and O–H groups in total. The van der Waals surface area contributed by atoms with Gasteiger partial charge in [-0.25, -0.2) is 0 Å². The van der Waals surface area contributed by atoms with Crippen molar-refractivity contribution in [1.82, 2.24) is 0 Å². The maximum atomic E-state index is 5.32. The summed E-state index contributed by atoms with van der Waals surface area (Å²) < 4.78 is 0.887. The summed E-state index contributed by atoms with van der Waals surface area (Å²) in [5.41, 5.74) is 1.93. The van der Waals surface area contributed by atoms with Crippen LogP contribution in [0.2, 0.25) is 0 Å². The Labute approximate surface area is 88.9 Å². The van der Waals surface area contributed by atoms with Crippen molar-refractivity contribution in [2.75, 3.05) is 0 Å². The fraction of sp³-hybridized carbons (Fsp3) is 0. The topological polar surface area (TPSA) is 0 Å². The highest BCUT2D eigenvalue weighted by atomic mass is 79.9. The molecule has 1 aromatic rings. The lowest BCUT2D eigenvalue weighted by atomic mass is 10.1. The second-order valence-electron chi connectivity index (χ2n) is 2.17. The van der Waals surface area contributed by atoms with Crippen LogP contribution in [-0.4, -0.2) is 0 Å². The third kappa shape index (κ3) is 2.51. The van der Waals surface area contributed by atoms with E-state index in [1.165, 1.54) is 0 Å². The van der Waals surface area contributed by atoms with Gasteiger partial charge in [-0.05, 0) is 49.6 Å². The van der Waals surface area contributed by atoms with Gasteiger partial charge in [0, 0.05) is 5.56 Å². The Morgan fingerprint density at radius 3 is 2.58 bits per heavy atom. The van der Waals surface area contributed by atoms with Gasteiger partial charge in [-0.3, -0.25) is 0 Å². The van der Waals surface area contributed by atoms with Crippen molar-refractivity contribution in [2.45, 2.75) is 0 Å². The van der Waals surface area contributed by atoms with E-state index in [4.69, 9.17) is 6.42 Å². The first-order valence-electron chi connectivity index (χ1n) is 3.32. The average molecular weight is 286 g/mol. The molecule has 0 amide bonds. The summed E-state index contributed by atoms with van der Waals surface area (Å²) in [7, 11) is 0. The predicted molar refractivity (Wildman–Crippen MR) is 60.2 cm³/mol. The summed E-state index contributed by atoms with van der Waals surface area (Å²) in [5.74, 6) is 2.61. The molecular weight excluding hydrogens is 280 g/mol. The molecule has 0 bridgehead atoms. The number of benzene rings is 1. The van der Waals surface area contributed by atoms with E-state index in [0.29, 0.717) is 0 Å². The largest absolute Gasteiger partial charge is 0.115 e. The molecule has 0 saturated carbocycles. The lowest BCUT2D eigenvalue weighted by Crippen LogP contribution is -1.79. The van der Waals surface area contributed by atoms with Crippen LogP contribution < -0.4 is 0 Å². The van der Waals surface area contributed by atoms with E-state index in [1.807, 2.05) is 30.3 Å². The van der Waals surface area contributed by atoms with Crippen LogP contribution in [-0.2, 0) is 0 Å². The van der Waals surface area contributed by atoms with Crippen molar-refractivity contribution >= 4 is 37.9 Å². The molecule has 1 rings (SSSR count). The Morgan fingerprint density at radius 2 is 2.00 bits per heavy atom. The Kier molecular flexibility index (Phi) is 3.58. The fourth-order valence-electron chi connectivity index (χ4n) is 0.872. The molecule has 0 spiro atoms. The van der Waals surface area contributed by atoms with Gasteiger partial charge in [0.25, 0.3) is 0 Å². The summed E-state index contributed by atoms with van der Waals surface area (Å²) in [6.07, 6.45) is 7.24. The van der Waals surface area contributed by atoms with Crippen LogP contribution >= 0.6 is 31.9 Å². The van der Waals surface area contributed by atoms with Crippen molar-refractivity contribution in [3.63, 3.8) is 0 Å². The van der Waals surface area contributed by atoms with Gasteiger partial charge in [0.05, 0.1) is 3.39 Å². The first-order chi connectivity index (χ1) is 5.74. The van der Waals surface area contributed by atoms with E-state index >= 15 is 0 Å². The minimum Gasteiger partial charge on any atom is -0.115 e. The molecule has 0 aliphatic heterocycles. The van der Waals surface area contributed by atoms with Gasteiger partial charge in [-0.2, -0.15) is 0 Å². The highest BCUT2D eigenvalue weighted by molar-refractivity contribution is 9.28. The molecule has 0 saturated heterocycles. The third-order valence-corrected chi connectivity index (χ3v) is 1.84. The van der Waals surface area contributed by atoms with E-state index in [-0.39, 0.29) is 0 Å². The Morgan fingerprint density at radius 1 is 1.33 bits per heavy atom. The van der Waals surface area contributed by atoms with E-state index in [1.54, 1.807) is 0 Å². The van der Waals surface area contributed by atoms with Crippen LogP contribution in [0.25, 0.3) is 6.08 Å². The Bertz CT molecular complexity index is 341. The molecule has 12 heavy (non-hydrogen) atoms. The summed E-state index contributed by atoms with van der Waals surface area (Å²) >= 11 is 6.57. The van der Waals surface area contributed by atoms with E-state index in [9.17, 15) is 0 Å². The van der Waals surface area contributed by atoms with E-state index < -0.39 is 0 Å². The monoisotopic (exact) mass is 284 g/mol. The minimum absolute atomic E-state index is 0.887. The lowest BCUT2D eigenvalue weighted by molar-refractivity contribution is 1.60. The second-order valence-corrected chi connectivity index (χ2v) is 4.94. The maximum absolute atomic E-state index is 5.32. The van der Waals surface area contributed by atoms with Crippen molar-refractivity contribution in [3.05, 3.63) is 38.8 Å². The predicted octanol–water partition coefficient (Wildman–Crippen LogP) is 3.76. The van der Waals surface area contributed by atoms with Crippen LogP contribution in [0.4, 0.5) is 0 Å². The summed E-state index contributed by atoms with van der Waals surface area (Å²) in [6.45, 7) is 0. The molecule has 0 atom stereocenters. The van der Waals surface area contributed by atoms with Gasteiger partial charge in [0.1, 0.15) is 0 Å². The zero-order valence-corrected chi connectivity index (χ0v) is 9.39. The third-order valence-electron chi connectivity index (χ3n) is 1.38. The molecular formula is C10H6Br2. The molecule has 0 fully saturated rings. The van der Waals surface area contributed by atoms with Crippen molar-refractivity contribution in [1.29, 1.82) is 0 Å². The molecule has 0 unspecified atom stereocenters. The highest BCUT2D eigenvalue weighted by Crippen LogP contribution is 2.19. The van der Waals surface area contributed by atoms with Gasteiger partial charge in [0.15, 0.2) is 0 Å². The molecule has 1 aromatic carbocycles. The zero-order valence-electron chi connectivity index (χ0n) is 6.22. The van der Waals surface area contributed by atoms with Crippen LogP contribution in [0.5, 0.6) is 0 Å². The van der Waals surface area contributed by atoms with Crippen molar-refractivity contribution < 1.29 is 0 Å². The van der Waals surface area contributed by atoms with Gasteiger partial charge < -0.3 is 0 Å². The first-order valence-corrected chi connectivity index (χ1v) is 4.91. The number of terminal acetylenes is 1. The van der Waals surface area contributed by atoms with Crippen molar-refractivity contribution in [2.24, 2.45) is 0 Å². The number of hydrogen-bond donors (Lipinski definition) is 0. The molecule has 0 aliphatic rings. The second kappa shape index (κ2) is 4.49. The summed E-state index contributed by atoms with van der Waals surface area (Å²) in [5, 5.41) is 0.